The highest BCUT2D eigenvalue weighted by Crippen LogP contribution is 2.44. The van der Waals surface area contributed by atoms with E-state index in [0.29, 0.717) is 0 Å². The number of rotatable bonds is 0. The average molecular weight is 97.2 g/mol. The number of hydrogen-bond acceptors (Lipinski definition) is 1. The van der Waals surface area contributed by atoms with Crippen LogP contribution in [0.2, 0.25) is 0 Å². The van der Waals surface area contributed by atoms with Crippen molar-refractivity contribution in [3.05, 3.63) is 0 Å². The third-order valence-corrected chi connectivity index (χ3v) is 2.32. The van der Waals surface area contributed by atoms with Gasteiger partial charge in [0.05, 0.1) is 0 Å². The van der Waals surface area contributed by atoms with E-state index in [0.717, 1.165) is 17.9 Å². The Hall–Kier alpha value is -0.0400. The second-order valence-electron chi connectivity index (χ2n) is 2.86. The summed E-state index contributed by atoms with van der Waals surface area (Å²) < 4.78 is 0. The van der Waals surface area contributed by atoms with Crippen LogP contribution in [-0.4, -0.2) is 12.6 Å². The summed E-state index contributed by atoms with van der Waals surface area (Å²) in [6.07, 6.45) is 1.51. The van der Waals surface area contributed by atoms with Gasteiger partial charge in [-0.2, -0.15) is 0 Å². The fraction of sp³-hybridized carbons (Fsp3) is 1.00. The number of piperidine rings is 1. The fourth-order valence-electron chi connectivity index (χ4n) is 1.61. The summed E-state index contributed by atoms with van der Waals surface area (Å²) in [5.41, 5.74) is 0. The van der Waals surface area contributed by atoms with E-state index in [1.54, 1.807) is 0 Å². The van der Waals surface area contributed by atoms with Crippen LogP contribution in [0, 0.1) is 11.8 Å². The van der Waals surface area contributed by atoms with E-state index in [4.69, 9.17) is 0 Å². The third-order valence-electron chi connectivity index (χ3n) is 2.32. The van der Waals surface area contributed by atoms with Crippen molar-refractivity contribution in [2.24, 2.45) is 11.8 Å². The molecule has 2 fully saturated rings. The molecule has 1 heterocycles. The van der Waals surface area contributed by atoms with Gasteiger partial charge in [0, 0.05) is 6.04 Å². The van der Waals surface area contributed by atoms with Crippen LogP contribution in [-0.2, 0) is 0 Å². The molecule has 0 aromatic heterocycles. The first-order valence-corrected chi connectivity index (χ1v) is 3.11. The molecule has 2 rings (SSSR count). The molecule has 40 valence electrons. The molecule has 0 bridgehead atoms. The van der Waals surface area contributed by atoms with Crippen LogP contribution < -0.4 is 5.32 Å². The lowest BCUT2D eigenvalue weighted by Crippen LogP contribution is -2.21. The summed E-state index contributed by atoms with van der Waals surface area (Å²) in [4.78, 5) is 0. The summed E-state index contributed by atoms with van der Waals surface area (Å²) in [6.45, 7) is 3.59. The van der Waals surface area contributed by atoms with Crippen LogP contribution >= 0.6 is 0 Å². The summed E-state index contributed by atoms with van der Waals surface area (Å²) in [5.74, 6) is 2.15. The minimum Gasteiger partial charge on any atom is -0.314 e. The van der Waals surface area contributed by atoms with Crippen molar-refractivity contribution in [2.75, 3.05) is 6.54 Å². The maximum absolute atomic E-state index is 3.42. The lowest BCUT2D eigenvalue weighted by atomic mass is 10.2. The molecule has 0 aromatic carbocycles. The van der Waals surface area contributed by atoms with Crippen molar-refractivity contribution in [2.45, 2.75) is 19.4 Å². The van der Waals surface area contributed by atoms with E-state index in [-0.39, 0.29) is 0 Å². The van der Waals surface area contributed by atoms with Crippen LogP contribution in [0.5, 0.6) is 0 Å². The van der Waals surface area contributed by atoms with E-state index in [9.17, 15) is 0 Å². The van der Waals surface area contributed by atoms with Crippen molar-refractivity contribution < 1.29 is 0 Å². The van der Waals surface area contributed by atoms with E-state index in [2.05, 4.69) is 12.2 Å². The zero-order chi connectivity index (χ0) is 4.85. The second-order valence-corrected chi connectivity index (χ2v) is 2.86. The van der Waals surface area contributed by atoms with Gasteiger partial charge in [-0.1, -0.05) is 0 Å². The fourth-order valence-corrected chi connectivity index (χ4v) is 1.61. The Morgan fingerprint density at radius 1 is 1.57 bits per heavy atom. The maximum atomic E-state index is 3.42. The Labute approximate surface area is 44.1 Å². The molecule has 0 amide bonds. The molecule has 0 radical (unpaired) electrons. The van der Waals surface area contributed by atoms with Gasteiger partial charge >= 0.3 is 0 Å². The van der Waals surface area contributed by atoms with Gasteiger partial charge < -0.3 is 5.32 Å². The largest absolute Gasteiger partial charge is 0.314 e. The summed E-state index contributed by atoms with van der Waals surface area (Å²) in [7, 11) is 0. The van der Waals surface area contributed by atoms with Gasteiger partial charge in [0.2, 0.25) is 0 Å². The molecule has 7 heavy (non-hydrogen) atoms. The molecule has 0 aromatic rings. The van der Waals surface area contributed by atoms with Crippen molar-refractivity contribution in [3.8, 4) is 0 Å². The highest BCUT2D eigenvalue weighted by atomic mass is 15.0. The van der Waals surface area contributed by atoms with Gasteiger partial charge in [-0.3, -0.25) is 0 Å². The molecule has 1 N–H and O–H groups in total. The Kier molecular flexibility index (Phi) is 0.571. The molecule has 1 aliphatic heterocycles. The molecule has 3 atom stereocenters. The predicted octanol–water partition coefficient (Wildman–Crippen LogP) is 0.614. The SMILES string of the molecule is C[C@H]1NC[C@@H]2CC21. The Balaban J connectivity index is 2.08. The predicted molar refractivity (Wildman–Crippen MR) is 29.1 cm³/mol. The molecule has 1 saturated heterocycles. The van der Waals surface area contributed by atoms with E-state index in [1.165, 1.54) is 13.0 Å². The minimum absolute atomic E-state index is 0.838. The molecule has 2 aliphatic rings. The van der Waals surface area contributed by atoms with Gasteiger partial charge in [0.25, 0.3) is 0 Å². The van der Waals surface area contributed by atoms with Crippen LogP contribution in [0.4, 0.5) is 0 Å². The standard InChI is InChI=1S/C6H11N/c1-4-6-2-5(6)3-7-4/h4-7H,2-3H2,1H3/t4-,5+,6?/m1/s1. The topological polar surface area (TPSA) is 12.0 Å². The second kappa shape index (κ2) is 1.03. The van der Waals surface area contributed by atoms with E-state index < -0.39 is 0 Å². The Morgan fingerprint density at radius 3 is 2.57 bits per heavy atom. The lowest BCUT2D eigenvalue weighted by molar-refractivity contribution is 0.579. The molecule has 1 unspecified atom stereocenters. The van der Waals surface area contributed by atoms with Crippen molar-refractivity contribution in [1.82, 2.24) is 5.32 Å². The molecule has 1 aliphatic carbocycles. The highest BCUT2D eigenvalue weighted by molar-refractivity contribution is 5.00. The van der Waals surface area contributed by atoms with Gasteiger partial charge in [0.15, 0.2) is 0 Å². The van der Waals surface area contributed by atoms with Crippen molar-refractivity contribution in [3.63, 3.8) is 0 Å². The zero-order valence-corrected chi connectivity index (χ0v) is 4.65. The van der Waals surface area contributed by atoms with E-state index >= 15 is 0 Å². The van der Waals surface area contributed by atoms with Crippen LogP contribution in [0.15, 0.2) is 0 Å². The molecular formula is C6H11N. The molecule has 1 saturated carbocycles. The first-order valence-electron chi connectivity index (χ1n) is 3.11. The molecule has 1 nitrogen and oxygen atoms in total. The van der Waals surface area contributed by atoms with Gasteiger partial charge in [-0.05, 0) is 31.7 Å². The normalized spacial score (nSPS) is 57.0. The Morgan fingerprint density at radius 2 is 2.43 bits per heavy atom. The smallest absolute Gasteiger partial charge is 0.00703 e. The molecule has 1 heteroatoms. The van der Waals surface area contributed by atoms with Gasteiger partial charge in [0.1, 0.15) is 0 Å². The quantitative estimate of drug-likeness (QED) is 0.467. The van der Waals surface area contributed by atoms with Crippen LogP contribution in [0.1, 0.15) is 13.3 Å². The minimum atomic E-state index is 0.838. The third kappa shape index (κ3) is 0.418. The molecule has 0 spiro atoms. The zero-order valence-electron chi connectivity index (χ0n) is 4.65. The maximum Gasteiger partial charge on any atom is 0.00703 e. The van der Waals surface area contributed by atoms with Crippen molar-refractivity contribution >= 4 is 0 Å². The summed E-state index contributed by atoms with van der Waals surface area (Å²) in [6, 6.07) is 0.838. The van der Waals surface area contributed by atoms with Crippen LogP contribution in [0.3, 0.4) is 0 Å². The Bertz CT molecular complexity index is 90.2. The monoisotopic (exact) mass is 97.1 g/mol. The number of fused-ring (bicyclic) bond motifs is 1. The highest BCUT2D eigenvalue weighted by Gasteiger charge is 2.45. The van der Waals surface area contributed by atoms with Crippen molar-refractivity contribution in [1.29, 1.82) is 0 Å². The first-order chi connectivity index (χ1) is 3.38. The first kappa shape index (κ1) is 3.90. The van der Waals surface area contributed by atoms with Gasteiger partial charge in [-0.15, -0.1) is 0 Å². The summed E-state index contributed by atoms with van der Waals surface area (Å²) in [5, 5.41) is 3.42. The van der Waals surface area contributed by atoms with E-state index in [1.807, 2.05) is 0 Å². The van der Waals surface area contributed by atoms with Crippen LogP contribution in [0.25, 0.3) is 0 Å². The lowest BCUT2D eigenvalue weighted by Gasteiger charge is -2.01. The van der Waals surface area contributed by atoms with Gasteiger partial charge in [-0.25, -0.2) is 0 Å². The average Bonchev–Trinajstić information content (AvgIpc) is 2.33. The molecular weight excluding hydrogens is 86.1 g/mol. The number of hydrogen-bond donors (Lipinski definition) is 1. The number of nitrogens with one attached hydrogen (secondary N) is 1. The summed E-state index contributed by atoms with van der Waals surface area (Å²) >= 11 is 0.